The third kappa shape index (κ3) is 4.90. The van der Waals surface area contributed by atoms with Crippen LogP contribution in [0.25, 0.3) is 6.08 Å². The molecule has 0 atom stereocenters. The number of hydrogen-bond donors (Lipinski definition) is 0. The summed E-state index contributed by atoms with van der Waals surface area (Å²) in [5.74, 6) is -0.321. The van der Waals surface area contributed by atoms with Gasteiger partial charge >= 0.3 is 5.97 Å². The topological polar surface area (TPSA) is 76.4 Å². The minimum absolute atomic E-state index is 0.135. The van der Waals surface area contributed by atoms with E-state index in [0.29, 0.717) is 27.6 Å². The highest BCUT2D eigenvalue weighted by Crippen LogP contribution is 2.34. The molecule has 0 aliphatic rings. The molecule has 0 saturated carbocycles. The summed E-state index contributed by atoms with van der Waals surface area (Å²) in [6, 6.07) is 13.9. The Labute approximate surface area is 159 Å². The maximum atomic E-state index is 12.4. The Balaban J connectivity index is 2.34. The normalized spacial score (nSPS) is 10.7. The van der Waals surface area contributed by atoms with E-state index in [9.17, 15) is 14.9 Å². The van der Waals surface area contributed by atoms with Crippen LogP contribution in [0.2, 0.25) is 0 Å². The summed E-state index contributed by atoms with van der Waals surface area (Å²) in [6.45, 7) is 2.12. The summed E-state index contributed by atoms with van der Waals surface area (Å²) < 4.78 is 11.4. The minimum Gasteiger partial charge on any atom is -0.490 e. The molecule has 0 N–H and O–H groups in total. The van der Waals surface area contributed by atoms with Gasteiger partial charge in [0.2, 0.25) is 0 Å². The molecule has 6 heteroatoms. The molecule has 2 aromatic rings. The molecular formula is C19H14INO4. The second-order valence-electron chi connectivity index (χ2n) is 4.85. The van der Waals surface area contributed by atoms with Crippen molar-refractivity contribution in [1.82, 2.24) is 0 Å². The van der Waals surface area contributed by atoms with Crippen molar-refractivity contribution in [3.8, 4) is 17.6 Å². The van der Waals surface area contributed by atoms with E-state index in [4.69, 9.17) is 9.47 Å². The summed E-state index contributed by atoms with van der Waals surface area (Å²) >= 11 is 1.95. The zero-order valence-electron chi connectivity index (χ0n) is 13.4. The van der Waals surface area contributed by atoms with Crippen molar-refractivity contribution >= 4 is 40.9 Å². The van der Waals surface area contributed by atoms with Crippen molar-refractivity contribution in [2.24, 2.45) is 0 Å². The molecule has 0 amide bonds. The fraction of sp³-hybridized carbons (Fsp3) is 0.105. The minimum atomic E-state index is -0.788. The number of ether oxygens (including phenoxy) is 2. The van der Waals surface area contributed by atoms with Gasteiger partial charge < -0.3 is 9.47 Å². The van der Waals surface area contributed by atoms with Gasteiger partial charge in [-0.2, -0.15) is 5.26 Å². The Morgan fingerprint density at radius 3 is 2.56 bits per heavy atom. The van der Waals surface area contributed by atoms with Gasteiger partial charge in [0.05, 0.1) is 10.2 Å². The van der Waals surface area contributed by atoms with Gasteiger partial charge in [-0.05, 0) is 53.3 Å². The fourth-order valence-corrected chi connectivity index (χ4v) is 2.75. The predicted molar refractivity (Wildman–Crippen MR) is 101 cm³/mol. The van der Waals surface area contributed by atoms with Crippen molar-refractivity contribution in [2.75, 3.05) is 6.61 Å². The van der Waals surface area contributed by atoms with Crippen LogP contribution in [-0.4, -0.2) is 18.9 Å². The van der Waals surface area contributed by atoms with Gasteiger partial charge in [0, 0.05) is 5.56 Å². The molecule has 0 aromatic heterocycles. The summed E-state index contributed by atoms with van der Waals surface area (Å²) in [6.07, 6.45) is 2.14. The molecule has 5 nitrogen and oxygen atoms in total. The summed E-state index contributed by atoms with van der Waals surface area (Å²) in [7, 11) is 0. The number of carbonyl (C=O) groups excluding carboxylic acids is 2. The van der Waals surface area contributed by atoms with Crippen LogP contribution < -0.4 is 9.47 Å². The number of hydrogen-bond acceptors (Lipinski definition) is 5. The lowest BCUT2D eigenvalue weighted by Gasteiger charge is -2.12. The summed E-state index contributed by atoms with van der Waals surface area (Å²) in [4.78, 5) is 23.4. The third-order valence-electron chi connectivity index (χ3n) is 3.11. The van der Waals surface area contributed by atoms with Crippen molar-refractivity contribution in [3.05, 3.63) is 62.7 Å². The lowest BCUT2D eigenvalue weighted by atomic mass is 10.1. The molecule has 0 aliphatic heterocycles. The highest BCUT2D eigenvalue weighted by atomic mass is 127. The molecule has 0 radical (unpaired) electrons. The highest BCUT2D eigenvalue weighted by Gasteiger charge is 2.19. The maximum absolute atomic E-state index is 12.4. The summed E-state index contributed by atoms with van der Waals surface area (Å²) in [5.41, 5.74) is 0.990. The van der Waals surface area contributed by atoms with Gasteiger partial charge in [-0.1, -0.05) is 30.3 Å². The zero-order chi connectivity index (χ0) is 18.2. The van der Waals surface area contributed by atoms with Crippen LogP contribution in [0.1, 0.15) is 22.8 Å². The van der Waals surface area contributed by atoms with Crippen molar-refractivity contribution in [3.63, 3.8) is 0 Å². The van der Waals surface area contributed by atoms with Gasteiger partial charge in [-0.3, -0.25) is 4.79 Å². The Morgan fingerprint density at radius 1 is 1.24 bits per heavy atom. The van der Waals surface area contributed by atoms with Gasteiger partial charge in [0.1, 0.15) is 17.9 Å². The largest absolute Gasteiger partial charge is 0.490 e. The lowest BCUT2D eigenvalue weighted by Crippen LogP contribution is -2.12. The number of nitrogens with zero attached hydrogens (tertiary/aromatic N) is 1. The highest BCUT2D eigenvalue weighted by molar-refractivity contribution is 14.1. The molecule has 0 bridgehead atoms. The smallest absolute Gasteiger partial charge is 0.354 e. The molecule has 0 saturated heterocycles. The first kappa shape index (κ1) is 18.7. The second kappa shape index (κ2) is 8.99. The van der Waals surface area contributed by atoms with E-state index >= 15 is 0 Å². The standard InChI is InChI=1S/C19H14INO4/c1-2-24-17-10-14(12-22)9-16(20)18(17)25-19(23)15(11-21)8-13-6-4-3-5-7-13/h3-10,12H,2H2,1H3/b15-8+. The molecule has 0 spiro atoms. The first-order valence-electron chi connectivity index (χ1n) is 7.39. The van der Waals surface area contributed by atoms with Crippen molar-refractivity contribution in [2.45, 2.75) is 6.92 Å². The fourth-order valence-electron chi connectivity index (χ4n) is 2.02. The lowest BCUT2D eigenvalue weighted by molar-refractivity contribution is -0.129. The van der Waals surface area contributed by atoms with Gasteiger partial charge in [0.25, 0.3) is 0 Å². The van der Waals surface area contributed by atoms with Crippen LogP contribution in [0.5, 0.6) is 11.5 Å². The van der Waals surface area contributed by atoms with E-state index in [1.807, 2.05) is 34.7 Å². The first-order valence-corrected chi connectivity index (χ1v) is 8.47. The van der Waals surface area contributed by atoms with Crippen LogP contribution in [-0.2, 0) is 4.79 Å². The van der Waals surface area contributed by atoms with Gasteiger partial charge in [0.15, 0.2) is 11.5 Å². The number of halogens is 1. The van der Waals surface area contributed by atoms with Crippen LogP contribution in [0.3, 0.4) is 0 Å². The maximum Gasteiger partial charge on any atom is 0.354 e. The molecule has 25 heavy (non-hydrogen) atoms. The van der Waals surface area contributed by atoms with Crippen LogP contribution >= 0.6 is 22.6 Å². The number of benzene rings is 2. The zero-order valence-corrected chi connectivity index (χ0v) is 15.5. The number of carbonyl (C=O) groups is 2. The Kier molecular flexibility index (Phi) is 6.71. The Bertz CT molecular complexity index is 854. The molecule has 0 heterocycles. The van der Waals surface area contributed by atoms with Crippen molar-refractivity contribution < 1.29 is 19.1 Å². The molecule has 2 aromatic carbocycles. The van der Waals surface area contributed by atoms with E-state index in [0.717, 1.165) is 0 Å². The van der Waals surface area contributed by atoms with Gasteiger partial charge in [-0.15, -0.1) is 0 Å². The van der Waals surface area contributed by atoms with E-state index in [1.165, 1.54) is 12.1 Å². The van der Waals surface area contributed by atoms with Gasteiger partial charge in [-0.25, -0.2) is 4.79 Å². The van der Waals surface area contributed by atoms with Crippen molar-refractivity contribution in [1.29, 1.82) is 5.26 Å². The second-order valence-corrected chi connectivity index (χ2v) is 6.01. The number of nitriles is 1. The number of rotatable bonds is 6. The number of esters is 1. The molecule has 126 valence electrons. The van der Waals surface area contributed by atoms with E-state index in [1.54, 1.807) is 37.3 Å². The monoisotopic (exact) mass is 447 g/mol. The quantitative estimate of drug-likeness (QED) is 0.167. The first-order chi connectivity index (χ1) is 12.1. The molecule has 0 unspecified atom stereocenters. The van der Waals surface area contributed by atoms with E-state index in [-0.39, 0.29) is 17.1 Å². The molecule has 0 fully saturated rings. The molecular weight excluding hydrogens is 433 g/mol. The van der Waals surface area contributed by atoms with E-state index in [2.05, 4.69) is 0 Å². The predicted octanol–water partition coefficient (Wildman–Crippen LogP) is 4.01. The van der Waals surface area contributed by atoms with Crippen LogP contribution in [0.15, 0.2) is 48.0 Å². The van der Waals surface area contributed by atoms with E-state index < -0.39 is 5.97 Å². The van der Waals surface area contributed by atoms with Crippen LogP contribution in [0, 0.1) is 14.9 Å². The average molecular weight is 447 g/mol. The van der Waals surface area contributed by atoms with Crippen LogP contribution in [0.4, 0.5) is 0 Å². The Hall–Kier alpha value is -2.66. The third-order valence-corrected chi connectivity index (χ3v) is 3.91. The Morgan fingerprint density at radius 2 is 1.96 bits per heavy atom. The SMILES string of the molecule is CCOc1cc(C=O)cc(I)c1OC(=O)/C(C#N)=C/c1ccccc1. The summed E-state index contributed by atoms with van der Waals surface area (Å²) in [5, 5.41) is 9.26. The molecule has 0 aliphatic carbocycles. The number of aldehydes is 1. The average Bonchev–Trinajstić information content (AvgIpc) is 2.63. The molecule has 2 rings (SSSR count).